The topological polar surface area (TPSA) is 46.3 Å². The van der Waals surface area contributed by atoms with Crippen molar-refractivity contribution in [1.82, 2.24) is 4.90 Å². The third-order valence-electron chi connectivity index (χ3n) is 3.13. The van der Waals surface area contributed by atoms with Crippen LogP contribution in [0, 0.1) is 0 Å². The smallest absolute Gasteiger partial charge is 0.256 e. The number of nitrogens with zero attached hydrogens (tertiary/aromatic N) is 1. The molecule has 1 amide bonds. The lowest BCUT2D eigenvalue weighted by atomic mass is 10.0. The summed E-state index contributed by atoms with van der Waals surface area (Å²) in [7, 11) is 0. The zero-order valence-electron chi connectivity index (χ0n) is 10.9. The molecule has 0 aliphatic carbocycles. The summed E-state index contributed by atoms with van der Waals surface area (Å²) in [5, 5.41) is 0. The number of nitrogens with two attached hydrogens (primary N) is 1. The lowest BCUT2D eigenvalue weighted by molar-refractivity contribution is -0.121. The molecule has 2 rings (SSSR count). The van der Waals surface area contributed by atoms with Crippen molar-refractivity contribution in [2.45, 2.75) is 6.92 Å². The summed E-state index contributed by atoms with van der Waals surface area (Å²) in [6.45, 7) is 9.70. The van der Waals surface area contributed by atoms with Gasteiger partial charge in [0.25, 0.3) is 5.91 Å². The molecule has 0 fully saturated rings. The maximum Gasteiger partial charge on any atom is 0.256 e. The molecule has 3 heteroatoms. The van der Waals surface area contributed by atoms with Crippen LogP contribution in [0.4, 0.5) is 0 Å². The fourth-order valence-electron chi connectivity index (χ4n) is 1.96. The first-order valence-corrected chi connectivity index (χ1v) is 5.94. The van der Waals surface area contributed by atoms with Gasteiger partial charge >= 0.3 is 0 Å². The van der Waals surface area contributed by atoms with E-state index in [1.807, 2.05) is 37.3 Å². The van der Waals surface area contributed by atoms with E-state index in [0.717, 1.165) is 16.7 Å². The molecule has 19 heavy (non-hydrogen) atoms. The minimum atomic E-state index is -0.143. The summed E-state index contributed by atoms with van der Waals surface area (Å²) in [5.41, 5.74) is 9.18. The molecule has 0 bridgehead atoms. The molecule has 96 valence electrons. The van der Waals surface area contributed by atoms with Crippen LogP contribution in [0.1, 0.15) is 12.5 Å². The summed E-state index contributed by atoms with van der Waals surface area (Å²) in [6, 6.07) is 9.68. The Morgan fingerprint density at radius 3 is 2.53 bits per heavy atom. The minimum absolute atomic E-state index is 0.143. The van der Waals surface area contributed by atoms with Crippen LogP contribution in [0.25, 0.3) is 5.57 Å². The van der Waals surface area contributed by atoms with E-state index < -0.39 is 0 Å². The summed E-state index contributed by atoms with van der Waals surface area (Å²) in [6.07, 6.45) is 3.01. The molecule has 0 spiro atoms. The number of allylic oxidation sites excluding steroid dienone is 2. The highest BCUT2D eigenvalue weighted by atomic mass is 16.2. The van der Waals surface area contributed by atoms with Crippen molar-refractivity contribution in [2.75, 3.05) is 0 Å². The van der Waals surface area contributed by atoms with Gasteiger partial charge in [0.15, 0.2) is 0 Å². The molecule has 1 aliphatic heterocycles. The summed E-state index contributed by atoms with van der Waals surface area (Å²) in [5.74, 6) is -0.143. The Labute approximate surface area is 113 Å². The van der Waals surface area contributed by atoms with Gasteiger partial charge in [0.1, 0.15) is 0 Å². The van der Waals surface area contributed by atoms with Gasteiger partial charge in [-0.05, 0) is 24.3 Å². The molecule has 0 aromatic heterocycles. The SMILES string of the molecule is C=C1C(c2ccccc2)=CC(=O)N1C(=C)/C(C)=C/N. The Hall–Kier alpha value is -2.55. The Morgan fingerprint density at radius 1 is 1.32 bits per heavy atom. The first-order valence-electron chi connectivity index (χ1n) is 5.94. The number of rotatable bonds is 3. The summed E-state index contributed by atoms with van der Waals surface area (Å²) < 4.78 is 0. The number of benzene rings is 1. The van der Waals surface area contributed by atoms with Gasteiger partial charge in [-0.3, -0.25) is 9.69 Å². The number of carbonyl (C=O) groups is 1. The monoisotopic (exact) mass is 252 g/mol. The quantitative estimate of drug-likeness (QED) is 0.841. The lowest BCUT2D eigenvalue weighted by Crippen LogP contribution is -2.23. The predicted octanol–water partition coefficient (Wildman–Crippen LogP) is 2.80. The van der Waals surface area contributed by atoms with Gasteiger partial charge in [0.05, 0.1) is 5.70 Å². The number of hydrogen-bond donors (Lipinski definition) is 1. The van der Waals surface area contributed by atoms with Gasteiger partial charge < -0.3 is 5.73 Å². The van der Waals surface area contributed by atoms with Crippen LogP contribution in [0.15, 0.2) is 72.7 Å². The van der Waals surface area contributed by atoms with Gasteiger partial charge in [-0.25, -0.2) is 0 Å². The second-order valence-electron chi connectivity index (χ2n) is 4.34. The van der Waals surface area contributed by atoms with Gasteiger partial charge in [-0.2, -0.15) is 0 Å². The van der Waals surface area contributed by atoms with Gasteiger partial charge in [-0.15, -0.1) is 0 Å². The lowest BCUT2D eigenvalue weighted by Gasteiger charge is -2.21. The van der Waals surface area contributed by atoms with Crippen molar-refractivity contribution < 1.29 is 4.79 Å². The Kier molecular flexibility index (Phi) is 3.38. The average Bonchev–Trinajstić information content (AvgIpc) is 2.73. The molecule has 0 saturated carbocycles. The first kappa shape index (κ1) is 12.9. The van der Waals surface area contributed by atoms with Crippen molar-refractivity contribution in [3.8, 4) is 0 Å². The van der Waals surface area contributed by atoms with E-state index in [-0.39, 0.29) is 5.91 Å². The first-order chi connectivity index (χ1) is 9.06. The van der Waals surface area contributed by atoms with Crippen molar-refractivity contribution in [2.24, 2.45) is 5.73 Å². The minimum Gasteiger partial charge on any atom is -0.404 e. The Morgan fingerprint density at radius 2 is 1.95 bits per heavy atom. The molecule has 0 unspecified atom stereocenters. The van der Waals surface area contributed by atoms with Gasteiger partial charge in [0.2, 0.25) is 0 Å². The van der Waals surface area contributed by atoms with E-state index in [4.69, 9.17) is 5.73 Å². The van der Waals surface area contributed by atoms with Crippen molar-refractivity contribution >= 4 is 11.5 Å². The molecule has 3 nitrogen and oxygen atoms in total. The molecule has 0 atom stereocenters. The Bertz CT molecular complexity index is 609. The standard InChI is InChI=1S/C16H16N2O/c1-11(10-17)12(2)18-13(3)15(9-16(18)19)14-7-5-4-6-8-14/h4-10H,2-3,17H2,1H3/b11-10+. The second-order valence-corrected chi connectivity index (χ2v) is 4.34. The fourth-order valence-corrected chi connectivity index (χ4v) is 1.96. The normalized spacial score (nSPS) is 15.7. The summed E-state index contributed by atoms with van der Waals surface area (Å²) >= 11 is 0. The molecule has 1 aromatic rings. The van der Waals surface area contributed by atoms with Gasteiger partial charge in [0, 0.05) is 17.3 Å². The molecule has 1 aliphatic rings. The summed E-state index contributed by atoms with van der Waals surface area (Å²) in [4.78, 5) is 13.6. The largest absolute Gasteiger partial charge is 0.404 e. The number of amides is 1. The maximum atomic E-state index is 12.1. The van der Waals surface area contributed by atoms with Crippen LogP contribution in [0.3, 0.4) is 0 Å². The predicted molar refractivity (Wildman–Crippen MR) is 77.5 cm³/mol. The van der Waals surface area contributed by atoms with E-state index in [1.165, 1.54) is 11.1 Å². The number of hydrogen-bond acceptors (Lipinski definition) is 2. The fraction of sp³-hybridized carbons (Fsp3) is 0.0625. The average molecular weight is 252 g/mol. The molecule has 0 saturated heterocycles. The van der Waals surface area contributed by atoms with Crippen molar-refractivity contribution in [3.05, 3.63) is 78.3 Å². The van der Waals surface area contributed by atoms with E-state index in [2.05, 4.69) is 13.2 Å². The molecule has 0 radical (unpaired) electrons. The third-order valence-corrected chi connectivity index (χ3v) is 3.13. The third kappa shape index (κ3) is 2.22. The highest BCUT2D eigenvalue weighted by Gasteiger charge is 2.28. The van der Waals surface area contributed by atoms with Crippen LogP contribution in [-0.4, -0.2) is 10.8 Å². The van der Waals surface area contributed by atoms with Crippen molar-refractivity contribution in [3.63, 3.8) is 0 Å². The molecular formula is C16H16N2O. The van der Waals surface area contributed by atoms with Gasteiger partial charge in [-0.1, -0.05) is 43.5 Å². The molecular weight excluding hydrogens is 236 g/mol. The zero-order chi connectivity index (χ0) is 14.0. The van der Waals surface area contributed by atoms with E-state index in [0.29, 0.717) is 11.4 Å². The van der Waals surface area contributed by atoms with Crippen LogP contribution >= 0.6 is 0 Å². The maximum absolute atomic E-state index is 12.1. The zero-order valence-corrected chi connectivity index (χ0v) is 10.9. The van der Waals surface area contributed by atoms with E-state index >= 15 is 0 Å². The van der Waals surface area contributed by atoms with Crippen LogP contribution in [-0.2, 0) is 4.79 Å². The second kappa shape index (κ2) is 4.98. The highest BCUT2D eigenvalue weighted by Crippen LogP contribution is 2.34. The molecule has 2 N–H and O–H groups in total. The van der Waals surface area contributed by atoms with Crippen LogP contribution < -0.4 is 5.73 Å². The Balaban J connectivity index is 2.35. The van der Waals surface area contributed by atoms with E-state index in [1.54, 1.807) is 6.08 Å². The molecule has 1 heterocycles. The molecule has 1 aromatic carbocycles. The van der Waals surface area contributed by atoms with Crippen LogP contribution in [0.5, 0.6) is 0 Å². The van der Waals surface area contributed by atoms with Crippen LogP contribution in [0.2, 0.25) is 0 Å². The number of carbonyl (C=O) groups excluding carboxylic acids is 1. The van der Waals surface area contributed by atoms with Crippen molar-refractivity contribution in [1.29, 1.82) is 0 Å². The highest BCUT2D eigenvalue weighted by molar-refractivity contribution is 6.07. The van der Waals surface area contributed by atoms with E-state index in [9.17, 15) is 4.79 Å².